The zero-order chi connectivity index (χ0) is 37.3. The third-order valence-corrected chi connectivity index (χ3v) is 10.7. The van der Waals surface area contributed by atoms with Crippen LogP contribution in [0.25, 0.3) is 0 Å². The van der Waals surface area contributed by atoms with Crippen LogP contribution < -0.4 is 11.0 Å². The van der Waals surface area contributed by atoms with Crippen molar-refractivity contribution in [3.05, 3.63) is 166 Å². The van der Waals surface area contributed by atoms with Crippen molar-refractivity contribution in [2.75, 3.05) is 11.9 Å². The molecule has 0 saturated carbocycles. The topological polar surface area (TPSA) is 191 Å². The monoisotopic (exact) mass is 761 g/mol. The molecule has 4 aromatic carbocycles. The van der Waals surface area contributed by atoms with E-state index in [4.69, 9.17) is 27.4 Å². The van der Waals surface area contributed by atoms with Crippen LogP contribution in [0.5, 0.6) is 0 Å². The zero-order valence-electron chi connectivity index (χ0n) is 27.8. The standard InChI is InChI=1S/C36H33N3O12P2/c40-33(28-17-9-3-10-18-28)37-31-21-22-39(36(42)38-31)34-32(49-35(41)29-19-11-4-12-20-29)30(25-46-34)50-52(43,44)51-53(45,47-23-26-13-5-1-6-14-26)48-24-27-15-7-2-8-16-27/h1-22,30,32,34H,23-25H2,(H,43,44)(H,37,38,40,42)/t30-,32+,34+/m0/s1. The molecule has 1 unspecified atom stereocenters. The van der Waals surface area contributed by atoms with Crippen molar-refractivity contribution in [2.45, 2.75) is 31.6 Å². The summed E-state index contributed by atoms with van der Waals surface area (Å²) in [5.74, 6) is -1.45. The van der Waals surface area contributed by atoms with Gasteiger partial charge in [0.25, 0.3) is 5.91 Å². The summed E-state index contributed by atoms with van der Waals surface area (Å²) in [7, 11) is -10.2. The highest BCUT2D eigenvalue weighted by Gasteiger charge is 2.49. The molecule has 15 nitrogen and oxygen atoms in total. The number of phosphoric acid groups is 2. The predicted molar refractivity (Wildman–Crippen MR) is 189 cm³/mol. The van der Waals surface area contributed by atoms with Crippen molar-refractivity contribution in [3.63, 3.8) is 0 Å². The lowest BCUT2D eigenvalue weighted by Gasteiger charge is -2.26. The number of hydrogen-bond acceptors (Lipinski definition) is 12. The molecule has 1 aromatic heterocycles. The molecule has 0 radical (unpaired) electrons. The van der Waals surface area contributed by atoms with Crippen LogP contribution in [0.3, 0.4) is 0 Å². The van der Waals surface area contributed by atoms with Gasteiger partial charge in [0, 0.05) is 11.8 Å². The van der Waals surface area contributed by atoms with E-state index in [9.17, 15) is 28.4 Å². The Morgan fingerprint density at radius 1 is 0.792 bits per heavy atom. The van der Waals surface area contributed by atoms with Gasteiger partial charge in [-0.2, -0.15) is 9.29 Å². The molecule has 1 aliphatic heterocycles. The highest BCUT2D eigenvalue weighted by molar-refractivity contribution is 7.61. The van der Waals surface area contributed by atoms with E-state index in [2.05, 4.69) is 10.3 Å². The largest absolute Gasteiger partial charge is 0.484 e. The van der Waals surface area contributed by atoms with Gasteiger partial charge in [-0.3, -0.25) is 22.9 Å². The first-order valence-corrected chi connectivity index (χ1v) is 19.1. The average molecular weight is 762 g/mol. The van der Waals surface area contributed by atoms with Gasteiger partial charge in [0.1, 0.15) is 11.9 Å². The molecule has 1 saturated heterocycles. The molecule has 0 spiro atoms. The van der Waals surface area contributed by atoms with Crippen LogP contribution in [0, 0.1) is 0 Å². The second-order valence-electron chi connectivity index (χ2n) is 11.4. The van der Waals surface area contributed by atoms with Crippen molar-refractivity contribution >= 4 is 33.3 Å². The van der Waals surface area contributed by atoms with Crippen LogP contribution in [0.4, 0.5) is 5.82 Å². The Labute approximate surface area is 303 Å². The molecule has 2 heterocycles. The molecule has 1 aliphatic rings. The number of rotatable bonds is 15. The van der Waals surface area contributed by atoms with Crippen LogP contribution in [0.15, 0.2) is 138 Å². The number of benzene rings is 4. The molecule has 5 aromatic rings. The summed E-state index contributed by atoms with van der Waals surface area (Å²) >= 11 is 0. The smallest absolute Gasteiger partial charge is 0.451 e. The van der Waals surface area contributed by atoms with E-state index in [0.717, 1.165) is 4.57 Å². The van der Waals surface area contributed by atoms with Gasteiger partial charge >= 0.3 is 27.3 Å². The summed E-state index contributed by atoms with van der Waals surface area (Å²) in [6.45, 7) is -1.11. The molecule has 4 atom stereocenters. The lowest BCUT2D eigenvalue weighted by atomic mass is 10.2. The summed E-state index contributed by atoms with van der Waals surface area (Å²) in [6, 6.07) is 34.6. The van der Waals surface area contributed by atoms with E-state index in [1.165, 1.54) is 24.4 Å². The lowest BCUT2D eigenvalue weighted by Crippen LogP contribution is -2.39. The molecule has 274 valence electrons. The van der Waals surface area contributed by atoms with Gasteiger partial charge in [-0.1, -0.05) is 97.1 Å². The van der Waals surface area contributed by atoms with Crippen molar-refractivity contribution in [2.24, 2.45) is 0 Å². The number of esters is 1. The number of amides is 1. The Morgan fingerprint density at radius 3 is 1.87 bits per heavy atom. The van der Waals surface area contributed by atoms with Crippen LogP contribution in [0.1, 0.15) is 38.1 Å². The lowest BCUT2D eigenvalue weighted by molar-refractivity contribution is -0.0433. The summed E-state index contributed by atoms with van der Waals surface area (Å²) < 4.78 is 61.3. The summed E-state index contributed by atoms with van der Waals surface area (Å²) in [6.07, 6.45) is -3.29. The first kappa shape index (κ1) is 37.7. The molecule has 1 amide bonds. The highest BCUT2D eigenvalue weighted by atomic mass is 31.3. The number of phosphoric ester groups is 2. The molecule has 0 bridgehead atoms. The summed E-state index contributed by atoms with van der Waals surface area (Å²) in [5.41, 5.74) is 0.675. The van der Waals surface area contributed by atoms with Crippen molar-refractivity contribution in [1.82, 2.24) is 9.55 Å². The summed E-state index contributed by atoms with van der Waals surface area (Å²) in [4.78, 5) is 54.0. The number of carbonyl (C=O) groups excluding carboxylic acids is 2. The normalized spacial score (nSPS) is 18.2. The molecule has 17 heteroatoms. The molecule has 1 fully saturated rings. The molecule has 6 rings (SSSR count). The Morgan fingerprint density at radius 2 is 1.32 bits per heavy atom. The van der Waals surface area contributed by atoms with E-state index < -0.39 is 58.3 Å². The predicted octanol–water partition coefficient (Wildman–Crippen LogP) is 6.29. The molecular weight excluding hydrogens is 728 g/mol. The number of anilines is 1. The molecule has 0 aliphatic carbocycles. The van der Waals surface area contributed by atoms with Crippen molar-refractivity contribution < 1.29 is 51.0 Å². The maximum absolute atomic E-state index is 13.8. The minimum absolute atomic E-state index is 0.0706. The van der Waals surface area contributed by atoms with Crippen molar-refractivity contribution in [1.29, 1.82) is 0 Å². The second-order valence-corrected chi connectivity index (χ2v) is 14.7. The third kappa shape index (κ3) is 10.3. The minimum atomic E-state index is -5.38. The Bertz CT molecular complexity index is 2110. The fourth-order valence-corrected chi connectivity index (χ4v) is 7.86. The van der Waals surface area contributed by atoms with E-state index in [1.54, 1.807) is 109 Å². The van der Waals surface area contributed by atoms with E-state index >= 15 is 0 Å². The minimum Gasteiger partial charge on any atom is -0.451 e. The maximum Gasteiger partial charge on any atom is 0.484 e. The van der Waals surface area contributed by atoms with E-state index in [1.807, 2.05) is 0 Å². The van der Waals surface area contributed by atoms with E-state index in [0.29, 0.717) is 16.7 Å². The third-order valence-electron chi connectivity index (χ3n) is 7.65. The number of aromatic nitrogens is 2. The zero-order valence-corrected chi connectivity index (χ0v) is 29.6. The van der Waals surface area contributed by atoms with E-state index in [-0.39, 0.29) is 24.6 Å². The Hall–Kier alpha value is -5.08. The Balaban J connectivity index is 1.22. The van der Waals surface area contributed by atoms with Gasteiger partial charge in [-0.25, -0.2) is 18.7 Å². The van der Waals surface area contributed by atoms with Gasteiger partial charge in [0.15, 0.2) is 12.3 Å². The second kappa shape index (κ2) is 17.2. The number of nitrogens with zero attached hydrogens (tertiary/aromatic N) is 2. The van der Waals surface area contributed by atoms with Crippen LogP contribution in [-0.4, -0.2) is 45.1 Å². The highest BCUT2D eigenvalue weighted by Crippen LogP contribution is 2.65. The first-order valence-electron chi connectivity index (χ1n) is 16.1. The average Bonchev–Trinajstić information content (AvgIpc) is 3.54. The van der Waals surface area contributed by atoms with Gasteiger partial charge in [-0.05, 0) is 41.5 Å². The van der Waals surface area contributed by atoms with Gasteiger partial charge < -0.3 is 19.7 Å². The molecule has 53 heavy (non-hydrogen) atoms. The first-order chi connectivity index (χ1) is 25.6. The van der Waals surface area contributed by atoms with Crippen LogP contribution in [-0.2, 0) is 49.7 Å². The number of ether oxygens (including phenoxy) is 2. The molecular formula is C36H33N3O12P2. The van der Waals surface area contributed by atoms with Gasteiger partial charge in [-0.15, -0.1) is 0 Å². The number of nitrogens with one attached hydrogen (secondary N) is 1. The van der Waals surface area contributed by atoms with Gasteiger partial charge in [0.2, 0.25) is 0 Å². The van der Waals surface area contributed by atoms with Crippen LogP contribution >= 0.6 is 15.6 Å². The quantitative estimate of drug-likeness (QED) is 0.0894. The Kier molecular flexibility index (Phi) is 12.2. The fraction of sp³-hybridized carbons (Fsp3) is 0.167. The molecule has 2 N–H and O–H groups in total. The van der Waals surface area contributed by atoms with Crippen LogP contribution in [0.2, 0.25) is 0 Å². The number of hydrogen-bond donors (Lipinski definition) is 2. The number of carbonyl (C=O) groups is 2. The summed E-state index contributed by atoms with van der Waals surface area (Å²) in [5, 5.41) is 2.53. The SMILES string of the molecule is O=C(Nc1ccn([C@@H]2OC[C@H](OP(=O)(O)OP(=O)(OCc3ccccc3)OCc3ccccc3)[C@H]2OC(=O)c2ccccc2)c(=O)n1)c1ccccc1. The van der Waals surface area contributed by atoms with Crippen molar-refractivity contribution in [3.8, 4) is 0 Å². The van der Waals surface area contributed by atoms with Gasteiger partial charge in [0.05, 0.1) is 25.4 Å². The maximum atomic E-state index is 13.8. The fourth-order valence-electron chi connectivity index (χ4n) is 5.11.